The lowest BCUT2D eigenvalue weighted by molar-refractivity contribution is -0.384. The van der Waals surface area contributed by atoms with Crippen molar-refractivity contribution in [1.82, 2.24) is 0 Å². The third kappa shape index (κ3) is 4.00. The fourth-order valence-electron chi connectivity index (χ4n) is 0.901. The number of benzene rings is 1. The van der Waals surface area contributed by atoms with Gasteiger partial charge < -0.3 is 9.84 Å². The summed E-state index contributed by atoms with van der Waals surface area (Å²) in [5.41, 5.74) is 0.0248. The molecule has 0 saturated carbocycles. The number of ether oxygens (including phenoxy) is 1. The van der Waals surface area contributed by atoms with Gasteiger partial charge in [0.05, 0.1) is 11.0 Å². The molecule has 0 fully saturated rings. The molecule has 0 bridgehead atoms. The van der Waals surface area contributed by atoms with Gasteiger partial charge in [0.1, 0.15) is 12.4 Å². The molecule has 5 nitrogen and oxygen atoms in total. The van der Waals surface area contributed by atoms with Gasteiger partial charge in [0.15, 0.2) is 0 Å². The number of aliphatic hydroxyl groups is 1. The SMILES string of the molecule is O=[N+]([O-])c1ccc(OCC(O)CI)cc1. The van der Waals surface area contributed by atoms with E-state index >= 15 is 0 Å². The maximum absolute atomic E-state index is 10.3. The largest absolute Gasteiger partial charge is 0.491 e. The summed E-state index contributed by atoms with van der Waals surface area (Å²) in [6, 6.07) is 5.76. The summed E-state index contributed by atoms with van der Waals surface area (Å²) in [4.78, 5) is 9.88. The Labute approximate surface area is 100 Å². The number of nitrogens with zero attached hydrogens (tertiary/aromatic N) is 1. The van der Waals surface area contributed by atoms with Crippen LogP contribution in [0.15, 0.2) is 24.3 Å². The Morgan fingerprint density at radius 2 is 2.07 bits per heavy atom. The van der Waals surface area contributed by atoms with Crippen molar-refractivity contribution < 1.29 is 14.8 Å². The Morgan fingerprint density at radius 3 is 2.53 bits per heavy atom. The van der Waals surface area contributed by atoms with Gasteiger partial charge in [-0.2, -0.15) is 0 Å². The van der Waals surface area contributed by atoms with Gasteiger partial charge in [0.25, 0.3) is 5.69 Å². The highest BCUT2D eigenvalue weighted by Crippen LogP contribution is 2.17. The summed E-state index contributed by atoms with van der Waals surface area (Å²) in [6.45, 7) is 0.195. The zero-order valence-electron chi connectivity index (χ0n) is 7.80. The molecule has 1 unspecified atom stereocenters. The van der Waals surface area contributed by atoms with Gasteiger partial charge in [-0.25, -0.2) is 0 Å². The molecule has 0 radical (unpaired) electrons. The van der Waals surface area contributed by atoms with Gasteiger partial charge in [0, 0.05) is 16.6 Å². The Balaban J connectivity index is 2.53. The molecule has 0 aromatic heterocycles. The van der Waals surface area contributed by atoms with Crippen LogP contribution in [-0.4, -0.2) is 27.2 Å². The van der Waals surface area contributed by atoms with E-state index in [1.54, 1.807) is 0 Å². The molecule has 6 heteroatoms. The van der Waals surface area contributed by atoms with E-state index in [0.717, 1.165) is 0 Å². The first-order valence-electron chi connectivity index (χ1n) is 4.24. The number of halogens is 1. The molecule has 1 atom stereocenters. The number of rotatable bonds is 5. The average Bonchev–Trinajstić information content (AvgIpc) is 2.26. The van der Waals surface area contributed by atoms with Crippen molar-refractivity contribution in [3.8, 4) is 5.75 Å². The van der Waals surface area contributed by atoms with Crippen molar-refractivity contribution in [1.29, 1.82) is 0 Å². The van der Waals surface area contributed by atoms with E-state index in [-0.39, 0.29) is 12.3 Å². The third-order valence-electron chi connectivity index (χ3n) is 1.67. The summed E-state index contributed by atoms with van der Waals surface area (Å²) in [5.74, 6) is 0.518. The van der Waals surface area contributed by atoms with Crippen LogP contribution in [0.1, 0.15) is 0 Å². The molecule has 0 spiro atoms. The summed E-state index contributed by atoms with van der Waals surface area (Å²) in [5, 5.41) is 19.6. The van der Waals surface area contributed by atoms with Crippen LogP contribution >= 0.6 is 22.6 Å². The fraction of sp³-hybridized carbons (Fsp3) is 0.333. The van der Waals surface area contributed by atoms with E-state index in [9.17, 15) is 15.2 Å². The van der Waals surface area contributed by atoms with Crippen LogP contribution in [0.25, 0.3) is 0 Å². The van der Waals surface area contributed by atoms with Crippen molar-refractivity contribution in [2.45, 2.75) is 6.10 Å². The molecule has 0 amide bonds. The van der Waals surface area contributed by atoms with E-state index in [0.29, 0.717) is 10.2 Å². The highest BCUT2D eigenvalue weighted by Gasteiger charge is 2.06. The van der Waals surface area contributed by atoms with Crippen molar-refractivity contribution in [2.24, 2.45) is 0 Å². The molecule has 0 saturated heterocycles. The number of hydrogen-bond donors (Lipinski definition) is 1. The van der Waals surface area contributed by atoms with Crippen molar-refractivity contribution in [3.05, 3.63) is 34.4 Å². The van der Waals surface area contributed by atoms with E-state index in [1.165, 1.54) is 24.3 Å². The molecule has 0 aliphatic rings. The molecule has 1 rings (SSSR count). The standard InChI is InChI=1S/C9H10INO4/c10-5-8(12)6-15-9-3-1-7(2-4-9)11(13)14/h1-4,8,12H,5-6H2. The van der Waals surface area contributed by atoms with Crippen LogP contribution in [0.4, 0.5) is 5.69 Å². The summed E-state index contributed by atoms with van der Waals surface area (Å²) in [6.07, 6.45) is -0.513. The first-order valence-corrected chi connectivity index (χ1v) is 5.77. The Hall–Kier alpha value is -0.890. The predicted molar refractivity (Wildman–Crippen MR) is 63.5 cm³/mol. The minimum atomic E-state index is -0.513. The maximum atomic E-state index is 10.3. The second kappa shape index (κ2) is 5.86. The molecule has 15 heavy (non-hydrogen) atoms. The quantitative estimate of drug-likeness (QED) is 0.388. The van der Waals surface area contributed by atoms with Crippen LogP contribution in [0, 0.1) is 10.1 Å². The van der Waals surface area contributed by atoms with Gasteiger partial charge in [0.2, 0.25) is 0 Å². The highest BCUT2D eigenvalue weighted by molar-refractivity contribution is 14.1. The first-order chi connectivity index (χ1) is 7.13. The van der Waals surface area contributed by atoms with Crippen LogP contribution in [0.2, 0.25) is 0 Å². The summed E-state index contributed by atoms with van der Waals surface area (Å²) in [7, 11) is 0. The highest BCUT2D eigenvalue weighted by atomic mass is 127. The van der Waals surface area contributed by atoms with E-state index < -0.39 is 11.0 Å². The Morgan fingerprint density at radius 1 is 1.47 bits per heavy atom. The molecular formula is C9H10INO4. The van der Waals surface area contributed by atoms with Gasteiger partial charge in [-0.1, -0.05) is 22.6 Å². The molecular weight excluding hydrogens is 313 g/mol. The molecule has 1 N–H and O–H groups in total. The van der Waals surface area contributed by atoms with Crippen molar-refractivity contribution >= 4 is 28.3 Å². The fourth-order valence-corrected chi connectivity index (χ4v) is 1.16. The average molecular weight is 323 g/mol. The lowest BCUT2D eigenvalue weighted by Crippen LogP contribution is -2.18. The van der Waals surface area contributed by atoms with Crippen molar-refractivity contribution in [3.63, 3.8) is 0 Å². The second-order valence-electron chi connectivity index (χ2n) is 2.87. The number of nitro groups is 1. The smallest absolute Gasteiger partial charge is 0.269 e. The molecule has 82 valence electrons. The second-order valence-corrected chi connectivity index (χ2v) is 3.75. The topological polar surface area (TPSA) is 72.6 Å². The number of aliphatic hydroxyl groups excluding tert-OH is 1. The van der Waals surface area contributed by atoms with E-state index in [2.05, 4.69) is 22.6 Å². The first kappa shape index (κ1) is 12.2. The lowest BCUT2D eigenvalue weighted by atomic mass is 10.3. The van der Waals surface area contributed by atoms with E-state index in [4.69, 9.17) is 4.74 Å². The van der Waals surface area contributed by atoms with Gasteiger partial charge in [-0.05, 0) is 12.1 Å². The minimum absolute atomic E-state index is 0.0248. The third-order valence-corrected chi connectivity index (χ3v) is 2.68. The molecule has 1 aromatic carbocycles. The minimum Gasteiger partial charge on any atom is -0.491 e. The molecule has 0 aliphatic heterocycles. The van der Waals surface area contributed by atoms with Gasteiger partial charge >= 0.3 is 0 Å². The number of hydrogen-bond acceptors (Lipinski definition) is 4. The van der Waals surface area contributed by atoms with Gasteiger partial charge in [-0.15, -0.1) is 0 Å². The van der Waals surface area contributed by atoms with Gasteiger partial charge in [-0.3, -0.25) is 10.1 Å². The number of non-ortho nitro benzene ring substituents is 1. The van der Waals surface area contributed by atoms with Crippen molar-refractivity contribution in [2.75, 3.05) is 11.0 Å². The maximum Gasteiger partial charge on any atom is 0.269 e. The molecule has 1 aromatic rings. The molecule has 0 heterocycles. The predicted octanol–water partition coefficient (Wildman–Crippen LogP) is 1.77. The van der Waals surface area contributed by atoms with E-state index in [1.807, 2.05) is 0 Å². The zero-order valence-corrected chi connectivity index (χ0v) is 9.96. The molecule has 0 aliphatic carbocycles. The van der Waals surface area contributed by atoms with Crippen LogP contribution in [0.3, 0.4) is 0 Å². The summed E-state index contributed by atoms with van der Waals surface area (Å²) >= 11 is 2.05. The number of alkyl halides is 1. The summed E-state index contributed by atoms with van der Waals surface area (Å²) < 4.78 is 5.80. The lowest BCUT2D eigenvalue weighted by Gasteiger charge is -2.08. The Kier molecular flexibility index (Phi) is 4.76. The Bertz CT molecular complexity index is 327. The monoisotopic (exact) mass is 323 g/mol. The van der Waals surface area contributed by atoms with Crippen LogP contribution in [0.5, 0.6) is 5.75 Å². The van der Waals surface area contributed by atoms with Crippen LogP contribution in [-0.2, 0) is 0 Å². The number of nitro benzene ring substituents is 1. The zero-order chi connectivity index (χ0) is 11.3. The normalized spacial score (nSPS) is 12.1. The van der Waals surface area contributed by atoms with Crippen LogP contribution < -0.4 is 4.74 Å².